The van der Waals surface area contributed by atoms with Gasteiger partial charge in [0.15, 0.2) is 5.75 Å². The van der Waals surface area contributed by atoms with Crippen molar-refractivity contribution in [2.75, 3.05) is 7.05 Å². The molecule has 0 radical (unpaired) electrons. The number of ether oxygens (including phenoxy) is 1. The van der Waals surface area contributed by atoms with Crippen LogP contribution in [-0.4, -0.2) is 29.9 Å². The zero-order valence-electron chi connectivity index (χ0n) is 14.3. The Morgan fingerprint density at radius 3 is 2.72 bits per heavy atom. The molecule has 2 aliphatic carbocycles. The van der Waals surface area contributed by atoms with Crippen LogP contribution in [-0.2, 0) is 6.54 Å². The van der Waals surface area contributed by atoms with Gasteiger partial charge in [0, 0.05) is 31.1 Å². The maximum absolute atomic E-state index is 11.5. The van der Waals surface area contributed by atoms with Gasteiger partial charge in [0.2, 0.25) is 0 Å². The van der Waals surface area contributed by atoms with Crippen LogP contribution in [0.2, 0.25) is 5.02 Å². The molecule has 5 aliphatic rings. The molecule has 1 aromatic rings. The number of hydrogen-bond donors (Lipinski definition) is 1. The largest absolute Gasteiger partial charge is 0.412 e. The highest BCUT2D eigenvalue weighted by Gasteiger charge is 2.46. The SMILES string of the molecule is CNC(=O)Oc1cc2c(cc1Cl)N=C1C3CC4CC(C3)CC(C4)N1C2. The molecule has 6 rings (SSSR count). The average Bonchev–Trinajstić information content (AvgIpc) is 2.75. The fraction of sp³-hybridized carbons (Fsp3) is 0.579. The van der Waals surface area contributed by atoms with Crippen LogP contribution in [0.3, 0.4) is 0 Å². The van der Waals surface area contributed by atoms with Crippen LogP contribution in [0.1, 0.15) is 37.7 Å². The normalized spacial score (nSPS) is 31.8. The minimum atomic E-state index is -0.507. The van der Waals surface area contributed by atoms with Crippen molar-refractivity contribution in [1.82, 2.24) is 10.2 Å². The Balaban J connectivity index is 1.53. The molecule has 25 heavy (non-hydrogen) atoms. The maximum Gasteiger partial charge on any atom is 0.412 e. The van der Waals surface area contributed by atoms with Gasteiger partial charge in [0.25, 0.3) is 0 Å². The fourth-order valence-corrected chi connectivity index (χ4v) is 5.62. The molecule has 0 aromatic heterocycles. The van der Waals surface area contributed by atoms with Gasteiger partial charge in [-0.1, -0.05) is 11.6 Å². The Morgan fingerprint density at radius 2 is 2.00 bits per heavy atom. The summed E-state index contributed by atoms with van der Waals surface area (Å²) in [7, 11) is 1.54. The molecule has 2 atom stereocenters. The number of hydrogen-bond acceptors (Lipinski definition) is 4. The molecule has 5 nitrogen and oxygen atoms in total. The maximum atomic E-state index is 11.5. The molecule has 4 bridgehead atoms. The zero-order valence-corrected chi connectivity index (χ0v) is 15.1. The van der Waals surface area contributed by atoms with Crippen molar-refractivity contribution in [2.45, 2.75) is 44.7 Å². The van der Waals surface area contributed by atoms with Gasteiger partial charge in [-0.3, -0.25) is 0 Å². The Kier molecular flexibility index (Phi) is 3.49. The standard InChI is InChI=1S/C19H22ClN3O2/c1-21-19(24)25-17-7-13-9-23-14-5-10-2-11(6-14)4-12(3-10)18(23)22-16(13)8-15(17)20/h7-8,10-12,14H,2-6,9H2,1H3,(H,21,24). The summed E-state index contributed by atoms with van der Waals surface area (Å²) in [5.41, 5.74) is 2.02. The summed E-state index contributed by atoms with van der Waals surface area (Å²) in [5, 5.41) is 2.89. The van der Waals surface area contributed by atoms with E-state index in [1.54, 1.807) is 0 Å². The van der Waals surface area contributed by atoms with Gasteiger partial charge >= 0.3 is 6.09 Å². The third-order valence-electron chi connectivity index (χ3n) is 6.33. The van der Waals surface area contributed by atoms with Gasteiger partial charge in [-0.15, -0.1) is 0 Å². The van der Waals surface area contributed by atoms with Crippen LogP contribution in [0.5, 0.6) is 5.75 Å². The molecule has 4 fully saturated rings. The Labute approximate surface area is 152 Å². The molecule has 6 heteroatoms. The molecule has 3 aliphatic heterocycles. The van der Waals surface area contributed by atoms with E-state index in [-0.39, 0.29) is 0 Å². The first-order valence-electron chi connectivity index (χ1n) is 9.18. The summed E-state index contributed by atoms with van der Waals surface area (Å²) in [4.78, 5) is 19.1. The molecular formula is C19H22ClN3O2. The Bertz CT molecular complexity index is 764. The quantitative estimate of drug-likeness (QED) is 0.820. The lowest BCUT2D eigenvalue weighted by Crippen LogP contribution is -2.41. The summed E-state index contributed by atoms with van der Waals surface area (Å²) in [6, 6.07) is 4.33. The van der Waals surface area contributed by atoms with E-state index in [9.17, 15) is 4.79 Å². The van der Waals surface area contributed by atoms with Gasteiger partial charge in [-0.2, -0.15) is 0 Å². The molecule has 1 aromatic carbocycles. The number of carbonyl (C=O) groups excluding carboxylic acids is 1. The molecule has 1 amide bonds. The molecule has 1 N–H and O–H groups in total. The van der Waals surface area contributed by atoms with Crippen molar-refractivity contribution < 1.29 is 9.53 Å². The predicted molar refractivity (Wildman–Crippen MR) is 96.5 cm³/mol. The van der Waals surface area contributed by atoms with Crippen LogP contribution in [0.25, 0.3) is 0 Å². The Morgan fingerprint density at radius 1 is 1.24 bits per heavy atom. The number of benzene rings is 1. The molecule has 0 spiro atoms. The highest BCUT2D eigenvalue weighted by Crippen LogP contribution is 2.50. The van der Waals surface area contributed by atoms with E-state index < -0.39 is 6.09 Å². The second-order valence-corrected chi connectivity index (χ2v) is 8.32. The van der Waals surface area contributed by atoms with Crippen LogP contribution in [0.15, 0.2) is 17.1 Å². The first kappa shape index (κ1) is 15.5. The Hall–Kier alpha value is -1.75. The van der Waals surface area contributed by atoms with Gasteiger partial charge in [0.1, 0.15) is 5.84 Å². The van der Waals surface area contributed by atoms with E-state index in [4.69, 9.17) is 21.3 Å². The number of amidine groups is 1. The fourth-order valence-electron chi connectivity index (χ4n) is 5.42. The first-order chi connectivity index (χ1) is 12.1. The average molecular weight is 360 g/mol. The smallest absolute Gasteiger partial charge is 0.409 e. The van der Waals surface area contributed by atoms with E-state index in [0.717, 1.165) is 29.6 Å². The molecule has 2 saturated heterocycles. The first-order valence-corrected chi connectivity index (χ1v) is 9.55. The van der Waals surface area contributed by atoms with E-state index in [2.05, 4.69) is 10.2 Å². The third kappa shape index (κ3) is 2.51. The second kappa shape index (κ2) is 5.63. The minimum absolute atomic E-state index is 0.402. The number of amides is 1. The molecular weight excluding hydrogens is 338 g/mol. The van der Waals surface area contributed by atoms with Crippen LogP contribution >= 0.6 is 11.6 Å². The van der Waals surface area contributed by atoms with Gasteiger partial charge in [-0.25, -0.2) is 9.79 Å². The van der Waals surface area contributed by atoms with Crippen LogP contribution in [0.4, 0.5) is 10.5 Å². The summed E-state index contributed by atoms with van der Waals surface area (Å²) in [5.74, 6) is 4.02. The lowest BCUT2D eigenvalue weighted by atomic mass is 9.68. The van der Waals surface area contributed by atoms with E-state index in [1.807, 2.05) is 12.1 Å². The highest BCUT2D eigenvalue weighted by atomic mass is 35.5. The van der Waals surface area contributed by atoms with Crippen molar-refractivity contribution >= 4 is 29.2 Å². The van der Waals surface area contributed by atoms with Crippen LogP contribution in [0, 0.1) is 17.8 Å². The van der Waals surface area contributed by atoms with Crippen molar-refractivity contribution in [3.05, 3.63) is 22.7 Å². The van der Waals surface area contributed by atoms with E-state index in [1.165, 1.54) is 45.0 Å². The number of carbonyl (C=O) groups is 1. The lowest BCUT2D eigenvalue weighted by molar-refractivity contribution is 0.128. The summed E-state index contributed by atoms with van der Waals surface area (Å²) < 4.78 is 5.28. The monoisotopic (exact) mass is 359 g/mol. The van der Waals surface area contributed by atoms with Crippen molar-refractivity contribution in [1.29, 1.82) is 0 Å². The molecule has 132 valence electrons. The summed E-state index contributed by atoms with van der Waals surface area (Å²) >= 11 is 6.32. The van der Waals surface area contributed by atoms with Gasteiger partial charge in [0.05, 0.1) is 10.7 Å². The minimum Gasteiger partial charge on any atom is -0.409 e. The number of aliphatic imine (C=N–C) groups is 1. The zero-order chi connectivity index (χ0) is 17.1. The number of fused-ring (bicyclic) bond motifs is 1. The van der Waals surface area contributed by atoms with E-state index in [0.29, 0.717) is 22.7 Å². The predicted octanol–water partition coefficient (Wildman–Crippen LogP) is 4.11. The number of halogens is 1. The second-order valence-electron chi connectivity index (χ2n) is 7.91. The lowest BCUT2D eigenvalue weighted by Gasteiger charge is -2.39. The molecule has 3 heterocycles. The molecule has 2 saturated carbocycles. The highest BCUT2D eigenvalue weighted by molar-refractivity contribution is 6.32. The van der Waals surface area contributed by atoms with Crippen molar-refractivity contribution in [2.24, 2.45) is 22.7 Å². The third-order valence-corrected chi connectivity index (χ3v) is 6.62. The van der Waals surface area contributed by atoms with Gasteiger partial charge < -0.3 is 15.0 Å². The van der Waals surface area contributed by atoms with Crippen LogP contribution < -0.4 is 10.1 Å². The number of nitrogens with zero attached hydrogens (tertiary/aromatic N) is 2. The summed E-state index contributed by atoms with van der Waals surface area (Å²) in [6.07, 6.45) is 6.10. The number of rotatable bonds is 1. The van der Waals surface area contributed by atoms with Crippen molar-refractivity contribution in [3.8, 4) is 5.75 Å². The molecule has 2 unspecified atom stereocenters. The summed E-state index contributed by atoms with van der Waals surface area (Å²) in [6.45, 7) is 0.843. The number of nitrogens with one attached hydrogen (secondary N) is 1. The van der Waals surface area contributed by atoms with E-state index >= 15 is 0 Å². The topological polar surface area (TPSA) is 53.9 Å². The van der Waals surface area contributed by atoms with Gasteiger partial charge in [-0.05, 0) is 56.1 Å². The van der Waals surface area contributed by atoms with Crippen molar-refractivity contribution in [3.63, 3.8) is 0 Å².